The maximum absolute atomic E-state index is 12.4. The van der Waals surface area contributed by atoms with Gasteiger partial charge in [-0.15, -0.1) is 12.4 Å². The van der Waals surface area contributed by atoms with Gasteiger partial charge in [0.2, 0.25) is 0 Å². The monoisotopic (exact) mass is 171 g/mol. The summed E-state index contributed by atoms with van der Waals surface area (Å²) in [6.45, 7) is 0.895. The quantitative estimate of drug-likeness (QED) is 0.641. The van der Waals surface area contributed by atoms with E-state index in [0.29, 0.717) is 12.8 Å². The molecule has 62 valence electrons. The molecule has 0 aromatic heterocycles. The fourth-order valence-corrected chi connectivity index (χ4v) is 0.997. The molecule has 1 saturated carbocycles. The summed E-state index contributed by atoms with van der Waals surface area (Å²) >= 11 is 0. The molecule has 4 heteroatoms. The summed E-state index contributed by atoms with van der Waals surface area (Å²) in [5.74, 6) is -2.69. The minimum atomic E-state index is -2.69. The van der Waals surface area contributed by atoms with Gasteiger partial charge in [-0.25, -0.2) is 8.78 Å². The summed E-state index contributed by atoms with van der Waals surface area (Å²) < 4.78 is 24.9. The molecule has 0 atom stereocenters. The van der Waals surface area contributed by atoms with E-state index in [9.17, 15) is 8.78 Å². The average Bonchev–Trinajstić information content (AvgIpc) is 1.57. The van der Waals surface area contributed by atoms with E-state index >= 15 is 0 Å². The van der Waals surface area contributed by atoms with Crippen LogP contribution >= 0.6 is 12.4 Å². The highest BCUT2D eigenvalue weighted by atomic mass is 35.5. The van der Waals surface area contributed by atoms with Gasteiger partial charge in [-0.3, -0.25) is 0 Å². The van der Waals surface area contributed by atoms with Gasteiger partial charge in [0.15, 0.2) is 0 Å². The molecule has 0 saturated heterocycles. The van der Waals surface area contributed by atoms with Crippen molar-refractivity contribution < 1.29 is 8.78 Å². The summed E-state index contributed by atoms with van der Waals surface area (Å²) in [4.78, 5) is 0. The lowest BCUT2D eigenvalue weighted by Crippen LogP contribution is -2.58. The first-order valence-electron chi connectivity index (χ1n) is 3.12. The highest BCUT2D eigenvalue weighted by Crippen LogP contribution is 2.41. The largest absolute Gasteiger partial charge is 0.320 e. The van der Waals surface area contributed by atoms with Gasteiger partial charge < -0.3 is 5.73 Å². The molecular formula is C6H12ClF2N. The van der Waals surface area contributed by atoms with Gasteiger partial charge in [-0.2, -0.15) is 0 Å². The SMILES string of the molecule is CC(F)(F)C1(N)CCC1.Cl. The standard InChI is InChI=1S/C6H11F2N.ClH/c1-5(7,8)6(9)3-2-4-6;/h2-4,9H2,1H3;1H. The van der Waals surface area contributed by atoms with Gasteiger partial charge in [0.05, 0.1) is 5.54 Å². The summed E-state index contributed by atoms with van der Waals surface area (Å²) in [5, 5.41) is 0. The second-order valence-corrected chi connectivity index (χ2v) is 2.90. The van der Waals surface area contributed by atoms with Gasteiger partial charge >= 0.3 is 0 Å². The Morgan fingerprint density at radius 2 is 1.80 bits per heavy atom. The first-order chi connectivity index (χ1) is 3.96. The molecule has 0 unspecified atom stereocenters. The Balaban J connectivity index is 0.000000810. The van der Waals surface area contributed by atoms with Crippen LogP contribution in [0, 0.1) is 0 Å². The van der Waals surface area contributed by atoms with Crippen LogP contribution < -0.4 is 5.73 Å². The molecule has 1 nitrogen and oxygen atoms in total. The Hall–Kier alpha value is 0.110. The van der Waals surface area contributed by atoms with Gasteiger partial charge in [0.1, 0.15) is 0 Å². The van der Waals surface area contributed by atoms with Crippen LogP contribution in [0.1, 0.15) is 26.2 Å². The molecule has 1 aliphatic rings. The minimum Gasteiger partial charge on any atom is -0.320 e. The third-order valence-corrected chi connectivity index (χ3v) is 2.12. The normalized spacial score (nSPS) is 22.8. The average molecular weight is 172 g/mol. The number of halogens is 3. The molecule has 0 amide bonds. The topological polar surface area (TPSA) is 26.0 Å². The first-order valence-corrected chi connectivity index (χ1v) is 3.12. The molecule has 0 spiro atoms. The highest BCUT2D eigenvalue weighted by molar-refractivity contribution is 5.85. The zero-order valence-electron chi connectivity index (χ0n) is 5.86. The number of rotatable bonds is 1. The summed E-state index contributed by atoms with van der Waals surface area (Å²) in [6.07, 6.45) is 1.78. The van der Waals surface area contributed by atoms with Crippen molar-refractivity contribution in [3.63, 3.8) is 0 Å². The van der Waals surface area contributed by atoms with Crippen LogP contribution in [-0.4, -0.2) is 11.5 Å². The Kier molecular flexibility index (Phi) is 2.65. The summed E-state index contributed by atoms with van der Waals surface area (Å²) in [5.41, 5.74) is 4.16. The van der Waals surface area contributed by atoms with Crippen LogP contribution in [0.4, 0.5) is 8.78 Å². The van der Waals surface area contributed by atoms with E-state index in [0.717, 1.165) is 13.3 Å². The number of alkyl halides is 2. The Morgan fingerprint density at radius 1 is 1.40 bits per heavy atom. The molecule has 0 radical (unpaired) electrons. The molecule has 0 aromatic rings. The molecule has 0 bridgehead atoms. The van der Waals surface area contributed by atoms with E-state index in [4.69, 9.17) is 5.73 Å². The van der Waals surface area contributed by atoms with Crippen molar-refractivity contribution in [1.82, 2.24) is 0 Å². The summed E-state index contributed by atoms with van der Waals surface area (Å²) in [7, 11) is 0. The highest BCUT2D eigenvalue weighted by Gasteiger charge is 2.50. The maximum Gasteiger partial charge on any atom is 0.262 e. The van der Waals surface area contributed by atoms with Crippen molar-refractivity contribution in [2.45, 2.75) is 37.6 Å². The smallest absolute Gasteiger partial charge is 0.262 e. The van der Waals surface area contributed by atoms with E-state index in [-0.39, 0.29) is 12.4 Å². The molecule has 2 N–H and O–H groups in total. The van der Waals surface area contributed by atoms with Crippen molar-refractivity contribution in [1.29, 1.82) is 0 Å². The van der Waals surface area contributed by atoms with E-state index < -0.39 is 11.5 Å². The van der Waals surface area contributed by atoms with E-state index in [1.54, 1.807) is 0 Å². The zero-order valence-corrected chi connectivity index (χ0v) is 6.68. The van der Waals surface area contributed by atoms with Gasteiger partial charge in [-0.05, 0) is 19.3 Å². The van der Waals surface area contributed by atoms with Crippen LogP contribution in [-0.2, 0) is 0 Å². The lowest BCUT2D eigenvalue weighted by Gasteiger charge is -2.42. The fraction of sp³-hybridized carbons (Fsp3) is 1.00. The molecular weight excluding hydrogens is 160 g/mol. The predicted octanol–water partition coefficient (Wildman–Crippen LogP) is 1.94. The maximum atomic E-state index is 12.4. The van der Waals surface area contributed by atoms with Crippen LogP contribution in [0.3, 0.4) is 0 Å². The molecule has 0 heterocycles. The number of nitrogens with two attached hydrogens (primary N) is 1. The zero-order chi connectivity index (χ0) is 7.12. The fourth-order valence-electron chi connectivity index (χ4n) is 0.997. The van der Waals surface area contributed by atoms with Crippen molar-refractivity contribution in [2.75, 3.05) is 0 Å². The Bertz CT molecular complexity index is 117. The van der Waals surface area contributed by atoms with Crippen LogP contribution in [0.15, 0.2) is 0 Å². The molecule has 0 aromatic carbocycles. The second kappa shape index (κ2) is 2.62. The van der Waals surface area contributed by atoms with Gasteiger partial charge in [-0.1, -0.05) is 0 Å². The molecule has 1 rings (SSSR count). The number of hydrogen-bond acceptors (Lipinski definition) is 1. The van der Waals surface area contributed by atoms with Crippen LogP contribution in [0.2, 0.25) is 0 Å². The predicted molar refractivity (Wildman–Crippen MR) is 38.6 cm³/mol. The van der Waals surface area contributed by atoms with E-state index in [1.165, 1.54) is 0 Å². The first kappa shape index (κ1) is 10.1. The van der Waals surface area contributed by atoms with Crippen LogP contribution in [0.25, 0.3) is 0 Å². The van der Waals surface area contributed by atoms with Crippen molar-refractivity contribution in [3.8, 4) is 0 Å². The third kappa shape index (κ3) is 1.40. The van der Waals surface area contributed by atoms with Gasteiger partial charge in [0.25, 0.3) is 5.92 Å². The lowest BCUT2D eigenvalue weighted by atomic mass is 9.73. The van der Waals surface area contributed by atoms with Crippen molar-refractivity contribution >= 4 is 12.4 Å². The molecule has 1 fully saturated rings. The number of hydrogen-bond donors (Lipinski definition) is 1. The molecule has 10 heavy (non-hydrogen) atoms. The minimum absolute atomic E-state index is 0. The van der Waals surface area contributed by atoms with E-state index in [2.05, 4.69) is 0 Å². The van der Waals surface area contributed by atoms with Crippen LogP contribution in [0.5, 0.6) is 0 Å². The second-order valence-electron chi connectivity index (χ2n) is 2.90. The summed E-state index contributed by atoms with van der Waals surface area (Å²) in [6, 6.07) is 0. The van der Waals surface area contributed by atoms with Crippen molar-refractivity contribution in [2.24, 2.45) is 5.73 Å². The van der Waals surface area contributed by atoms with Crippen molar-refractivity contribution in [3.05, 3.63) is 0 Å². The molecule has 1 aliphatic carbocycles. The lowest BCUT2D eigenvalue weighted by molar-refractivity contribution is -0.0898. The van der Waals surface area contributed by atoms with E-state index in [1.807, 2.05) is 0 Å². The third-order valence-electron chi connectivity index (χ3n) is 2.12. The Morgan fingerprint density at radius 3 is 1.80 bits per heavy atom. The molecule has 0 aliphatic heterocycles. The van der Waals surface area contributed by atoms with Gasteiger partial charge in [0, 0.05) is 6.92 Å². The Labute approximate surface area is 65.4 Å².